The van der Waals surface area contributed by atoms with E-state index in [0.29, 0.717) is 5.92 Å². The van der Waals surface area contributed by atoms with Crippen molar-refractivity contribution in [2.45, 2.75) is 51.9 Å². The second-order valence-corrected chi connectivity index (χ2v) is 9.75. The zero-order chi connectivity index (χ0) is 23.0. The highest BCUT2D eigenvalue weighted by molar-refractivity contribution is 5.76. The van der Waals surface area contributed by atoms with Crippen LogP contribution < -0.4 is 10.2 Å². The summed E-state index contributed by atoms with van der Waals surface area (Å²) < 4.78 is 5.45. The third kappa shape index (κ3) is 4.16. The molecule has 2 aliphatic rings. The topological polar surface area (TPSA) is 65.1 Å². The molecule has 2 heterocycles. The smallest absolute Gasteiger partial charge is 0.141 e. The van der Waals surface area contributed by atoms with E-state index in [1.807, 2.05) is 13.8 Å². The van der Waals surface area contributed by atoms with Gasteiger partial charge in [-0.3, -0.25) is 0 Å². The summed E-state index contributed by atoms with van der Waals surface area (Å²) in [7, 11) is 0. The number of nitriles is 1. The zero-order valence-electron chi connectivity index (χ0n) is 19.8. The highest BCUT2D eigenvalue weighted by atomic mass is 16.5. The van der Waals surface area contributed by atoms with Crippen LogP contribution >= 0.6 is 0 Å². The van der Waals surface area contributed by atoms with Crippen molar-refractivity contribution < 1.29 is 4.52 Å². The van der Waals surface area contributed by atoms with E-state index in [2.05, 4.69) is 70.8 Å². The lowest BCUT2D eigenvalue weighted by Crippen LogP contribution is -2.34. The second kappa shape index (κ2) is 8.68. The van der Waals surface area contributed by atoms with Gasteiger partial charge in [-0.2, -0.15) is 5.26 Å². The summed E-state index contributed by atoms with van der Waals surface area (Å²) in [5, 5.41) is 17.3. The minimum Gasteiger partial charge on any atom is -0.361 e. The van der Waals surface area contributed by atoms with Crippen LogP contribution in [0.3, 0.4) is 0 Å². The van der Waals surface area contributed by atoms with Gasteiger partial charge in [0, 0.05) is 23.5 Å². The Bertz CT molecular complexity index is 1160. The Morgan fingerprint density at radius 3 is 2.42 bits per heavy atom. The lowest BCUT2D eigenvalue weighted by molar-refractivity contribution is 0.380. The van der Waals surface area contributed by atoms with Crippen LogP contribution in [-0.4, -0.2) is 24.8 Å². The molecule has 0 atom stereocenters. The molecule has 2 fully saturated rings. The summed E-state index contributed by atoms with van der Waals surface area (Å²) in [5.41, 5.74) is 7.69. The van der Waals surface area contributed by atoms with Crippen molar-refractivity contribution in [3.63, 3.8) is 0 Å². The van der Waals surface area contributed by atoms with Crippen LogP contribution in [0.25, 0.3) is 11.1 Å². The largest absolute Gasteiger partial charge is 0.361 e. The van der Waals surface area contributed by atoms with Crippen LogP contribution in [0.1, 0.15) is 48.3 Å². The number of piperidine rings is 1. The summed E-state index contributed by atoms with van der Waals surface area (Å²) >= 11 is 0. The second-order valence-electron chi connectivity index (χ2n) is 9.75. The van der Waals surface area contributed by atoms with Crippen molar-refractivity contribution in [1.82, 2.24) is 10.5 Å². The average Bonchev–Trinajstić information content (AvgIpc) is 3.58. The van der Waals surface area contributed by atoms with Crippen LogP contribution in [0.4, 0.5) is 11.4 Å². The first-order chi connectivity index (χ1) is 16.0. The van der Waals surface area contributed by atoms with Crippen LogP contribution in [0.5, 0.6) is 0 Å². The molecule has 0 spiro atoms. The molecule has 1 saturated carbocycles. The summed E-state index contributed by atoms with van der Waals surface area (Å²) in [6.07, 6.45) is 4.32. The predicted octanol–water partition coefficient (Wildman–Crippen LogP) is 5.96. The molecule has 0 unspecified atom stereocenters. The average molecular weight is 441 g/mol. The summed E-state index contributed by atoms with van der Waals surface area (Å²) in [6.45, 7) is 9.31. The van der Waals surface area contributed by atoms with Gasteiger partial charge < -0.3 is 14.7 Å². The monoisotopic (exact) mass is 440 g/mol. The van der Waals surface area contributed by atoms with E-state index in [9.17, 15) is 5.26 Å². The molecule has 5 rings (SSSR count). The van der Waals surface area contributed by atoms with Crippen molar-refractivity contribution in [3.8, 4) is 17.2 Å². The van der Waals surface area contributed by atoms with Crippen LogP contribution in [0.2, 0.25) is 0 Å². The number of nitrogens with one attached hydrogen (secondary N) is 1. The number of hydrogen-bond acceptors (Lipinski definition) is 5. The molecule has 1 saturated heterocycles. The molecule has 0 radical (unpaired) electrons. The van der Waals surface area contributed by atoms with Gasteiger partial charge in [0.15, 0.2) is 0 Å². The Labute approximate surface area is 196 Å². The van der Waals surface area contributed by atoms with E-state index in [-0.39, 0.29) is 5.41 Å². The van der Waals surface area contributed by atoms with Crippen LogP contribution in [-0.2, 0) is 5.41 Å². The molecule has 33 heavy (non-hydrogen) atoms. The molecule has 5 heteroatoms. The molecule has 1 aromatic heterocycles. The Balaban J connectivity index is 1.54. The molecule has 1 aliphatic heterocycles. The maximum absolute atomic E-state index is 9.61. The van der Waals surface area contributed by atoms with Crippen LogP contribution in [0, 0.1) is 38.0 Å². The van der Waals surface area contributed by atoms with Gasteiger partial charge in [-0.05, 0) is 100 Å². The normalized spacial score (nSPS) is 17.5. The van der Waals surface area contributed by atoms with Gasteiger partial charge in [0.05, 0.1) is 17.2 Å². The molecular weight excluding hydrogens is 408 g/mol. The maximum Gasteiger partial charge on any atom is 0.141 e. The Kier molecular flexibility index (Phi) is 5.72. The molecule has 1 aliphatic carbocycles. The number of nitrogens with zero attached hydrogens (tertiary/aromatic N) is 3. The lowest BCUT2D eigenvalue weighted by atomic mass is 9.94. The summed E-state index contributed by atoms with van der Waals surface area (Å²) in [4.78, 5) is 2.47. The molecule has 0 amide bonds. The summed E-state index contributed by atoms with van der Waals surface area (Å²) in [5.74, 6) is 1.49. The Morgan fingerprint density at radius 1 is 1.09 bits per heavy atom. The first-order valence-corrected chi connectivity index (χ1v) is 12.0. The number of aromatic nitrogens is 1. The quantitative estimate of drug-likeness (QED) is 0.512. The molecule has 5 nitrogen and oxygen atoms in total. The fraction of sp³-hybridized carbons (Fsp3) is 0.429. The molecule has 0 bridgehead atoms. The third-order valence-corrected chi connectivity index (χ3v) is 7.42. The first kappa shape index (κ1) is 21.7. The highest BCUT2D eigenvalue weighted by Gasteiger charge is 2.44. The van der Waals surface area contributed by atoms with Gasteiger partial charge >= 0.3 is 0 Å². The van der Waals surface area contributed by atoms with Gasteiger partial charge in [-0.1, -0.05) is 29.4 Å². The van der Waals surface area contributed by atoms with Crippen molar-refractivity contribution in [1.29, 1.82) is 5.26 Å². The highest BCUT2D eigenvalue weighted by Crippen LogP contribution is 2.48. The van der Waals surface area contributed by atoms with Crippen molar-refractivity contribution in [2.24, 2.45) is 5.92 Å². The lowest BCUT2D eigenvalue weighted by Gasteiger charge is -2.33. The van der Waals surface area contributed by atoms with E-state index in [1.54, 1.807) is 0 Å². The SMILES string of the molecule is Cc1ccc(-c2c(C)noc2C)cc1N(CC1CCNCC1)c1ccc(C2(C#N)CC2)cc1. The number of aryl methyl sites for hydroxylation is 3. The van der Waals surface area contributed by atoms with E-state index >= 15 is 0 Å². The van der Waals surface area contributed by atoms with Gasteiger partial charge in [-0.25, -0.2) is 0 Å². The minimum atomic E-state index is -0.252. The van der Waals surface area contributed by atoms with Crippen molar-refractivity contribution in [2.75, 3.05) is 24.5 Å². The van der Waals surface area contributed by atoms with Crippen LogP contribution in [0.15, 0.2) is 47.0 Å². The molecule has 170 valence electrons. The number of rotatable bonds is 6. The van der Waals surface area contributed by atoms with Gasteiger partial charge in [0.25, 0.3) is 0 Å². The number of benzene rings is 2. The minimum absolute atomic E-state index is 0.252. The standard InChI is InChI=1S/C28H32N4O/c1-19-4-5-23(27-20(2)31-33-21(27)3)16-26(19)32(17-22-10-14-30-15-11-22)25-8-6-24(7-9-25)28(18-29)12-13-28/h4-9,16,22,30H,10-15,17H2,1-3H3. The fourth-order valence-electron chi connectivity index (χ4n) is 5.17. The van der Waals surface area contributed by atoms with Gasteiger partial charge in [-0.15, -0.1) is 0 Å². The number of anilines is 2. The van der Waals surface area contributed by atoms with Gasteiger partial charge in [0.1, 0.15) is 5.76 Å². The van der Waals surface area contributed by atoms with E-state index in [1.165, 1.54) is 29.8 Å². The molecule has 2 aromatic carbocycles. The van der Waals surface area contributed by atoms with E-state index in [0.717, 1.165) is 60.6 Å². The molecule has 3 aromatic rings. The fourth-order valence-corrected chi connectivity index (χ4v) is 5.17. The third-order valence-electron chi connectivity index (χ3n) is 7.42. The van der Waals surface area contributed by atoms with E-state index < -0.39 is 0 Å². The predicted molar refractivity (Wildman–Crippen MR) is 132 cm³/mol. The van der Waals surface area contributed by atoms with Gasteiger partial charge in [0.2, 0.25) is 0 Å². The van der Waals surface area contributed by atoms with E-state index in [4.69, 9.17) is 4.52 Å². The summed E-state index contributed by atoms with van der Waals surface area (Å²) in [6, 6.07) is 17.9. The molecular formula is C28H32N4O. The van der Waals surface area contributed by atoms with Crippen molar-refractivity contribution in [3.05, 3.63) is 65.0 Å². The zero-order valence-corrected chi connectivity index (χ0v) is 19.8. The Morgan fingerprint density at radius 2 is 1.82 bits per heavy atom. The first-order valence-electron chi connectivity index (χ1n) is 12.0. The number of hydrogen-bond donors (Lipinski definition) is 1. The van der Waals surface area contributed by atoms with Crippen molar-refractivity contribution >= 4 is 11.4 Å². The maximum atomic E-state index is 9.61. The molecule has 1 N–H and O–H groups in total. The Hall–Kier alpha value is -3.10.